The molecule has 168 valence electrons. The number of hydrogen-bond acceptors (Lipinski definition) is 4. The highest BCUT2D eigenvalue weighted by molar-refractivity contribution is 5.81. The van der Waals surface area contributed by atoms with Gasteiger partial charge in [-0.1, -0.05) is 0 Å². The molecule has 9 heteroatoms. The van der Waals surface area contributed by atoms with Gasteiger partial charge in [-0.25, -0.2) is 4.39 Å². The van der Waals surface area contributed by atoms with E-state index in [2.05, 4.69) is 25.6 Å². The van der Waals surface area contributed by atoms with Crippen molar-refractivity contribution >= 4 is 17.6 Å². The van der Waals surface area contributed by atoms with Crippen molar-refractivity contribution in [2.75, 3.05) is 50.7 Å². The molecule has 0 spiro atoms. The summed E-state index contributed by atoms with van der Waals surface area (Å²) >= 11 is 0. The second-order valence-corrected chi connectivity index (χ2v) is 7.40. The number of piperazine rings is 1. The normalized spacial score (nSPS) is 14.6. The van der Waals surface area contributed by atoms with E-state index in [1.807, 2.05) is 28.8 Å². The van der Waals surface area contributed by atoms with Crippen molar-refractivity contribution in [1.29, 1.82) is 0 Å². The van der Waals surface area contributed by atoms with Gasteiger partial charge in [-0.2, -0.15) is 5.10 Å². The van der Waals surface area contributed by atoms with E-state index in [0.717, 1.165) is 44.2 Å². The molecular formula is C22H32FN7O. The van der Waals surface area contributed by atoms with Crippen LogP contribution in [0.5, 0.6) is 0 Å². The van der Waals surface area contributed by atoms with Gasteiger partial charge in [0, 0.05) is 76.9 Å². The summed E-state index contributed by atoms with van der Waals surface area (Å²) in [5, 5.41) is 10.6. The van der Waals surface area contributed by atoms with E-state index in [1.165, 1.54) is 12.1 Å². The lowest BCUT2D eigenvalue weighted by Gasteiger charge is -2.36. The Morgan fingerprint density at radius 2 is 1.94 bits per heavy atom. The highest BCUT2D eigenvalue weighted by Gasteiger charge is 2.21. The van der Waals surface area contributed by atoms with Crippen LogP contribution in [0.2, 0.25) is 0 Å². The maximum absolute atomic E-state index is 13.1. The SMILES string of the molecule is CCNC(=NCCCn1cccn1)NCCC(=O)N1CCN(c2ccc(F)cc2)CC1. The lowest BCUT2D eigenvalue weighted by Crippen LogP contribution is -2.49. The zero-order valence-electron chi connectivity index (χ0n) is 18.1. The van der Waals surface area contributed by atoms with Gasteiger partial charge in [0.2, 0.25) is 5.91 Å². The van der Waals surface area contributed by atoms with Gasteiger partial charge in [-0.15, -0.1) is 0 Å². The summed E-state index contributed by atoms with van der Waals surface area (Å²) < 4.78 is 15.0. The van der Waals surface area contributed by atoms with Gasteiger partial charge in [0.15, 0.2) is 5.96 Å². The topological polar surface area (TPSA) is 77.8 Å². The quantitative estimate of drug-likeness (QED) is 0.361. The van der Waals surface area contributed by atoms with E-state index in [-0.39, 0.29) is 11.7 Å². The summed E-state index contributed by atoms with van der Waals surface area (Å²) in [7, 11) is 0. The Balaban J connectivity index is 1.35. The molecule has 2 N–H and O–H groups in total. The van der Waals surface area contributed by atoms with Crippen molar-refractivity contribution in [3.63, 3.8) is 0 Å². The molecule has 1 aromatic carbocycles. The Bertz CT molecular complexity index is 815. The van der Waals surface area contributed by atoms with Gasteiger partial charge in [0.05, 0.1) is 0 Å². The van der Waals surface area contributed by atoms with Crippen LogP contribution in [0.15, 0.2) is 47.7 Å². The molecule has 1 aliphatic rings. The summed E-state index contributed by atoms with van der Waals surface area (Å²) in [6.07, 6.45) is 5.04. The van der Waals surface area contributed by atoms with Crippen LogP contribution in [0, 0.1) is 5.82 Å². The third-order valence-electron chi connectivity index (χ3n) is 5.17. The minimum atomic E-state index is -0.233. The van der Waals surface area contributed by atoms with Crippen molar-refractivity contribution in [3.05, 3.63) is 48.5 Å². The van der Waals surface area contributed by atoms with E-state index >= 15 is 0 Å². The minimum absolute atomic E-state index is 0.140. The molecule has 0 bridgehead atoms. The first kappa shape index (κ1) is 22.6. The molecule has 1 fully saturated rings. The average Bonchev–Trinajstić information content (AvgIpc) is 3.31. The summed E-state index contributed by atoms with van der Waals surface area (Å²) in [4.78, 5) is 21.2. The largest absolute Gasteiger partial charge is 0.368 e. The van der Waals surface area contributed by atoms with Crippen LogP contribution in [0.3, 0.4) is 0 Å². The van der Waals surface area contributed by atoms with Crippen LogP contribution in [-0.2, 0) is 11.3 Å². The number of benzene rings is 1. The third-order valence-corrected chi connectivity index (χ3v) is 5.17. The zero-order chi connectivity index (χ0) is 21.9. The number of nitrogens with zero attached hydrogens (tertiary/aromatic N) is 5. The Hall–Kier alpha value is -3.10. The van der Waals surface area contributed by atoms with Crippen LogP contribution in [0.25, 0.3) is 0 Å². The number of halogens is 1. The Kier molecular flexibility index (Phi) is 8.69. The van der Waals surface area contributed by atoms with Crippen molar-refractivity contribution in [3.8, 4) is 0 Å². The fourth-order valence-corrected chi connectivity index (χ4v) is 3.51. The van der Waals surface area contributed by atoms with Crippen molar-refractivity contribution in [2.45, 2.75) is 26.3 Å². The van der Waals surface area contributed by atoms with E-state index in [1.54, 1.807) is 18.3 Å². The van der Waals surface area contributed by atoms with E-state index in [9.17, 15) is 9.18 Å². The van der Waals surface area contributed by atoms with Gasteiger partial charge in [-0.05, 0) is 43.7 Å². The number of hydrogen-bond donors (Lipinski definition) is 2. The van der Waals surface area contributed by atoms with Crippen LogP contribution in [0.1, 0.15) is 19.8 Å². The van der Waals surface area contributed by atoms with E-state index < -0.39 is 0 Å². The summed E-state index contributed by atoms with van der Waals surface area (Å²) in [6, 6.07) is 8.42. The molecule has 0 saturated carbocycles. The molecule has 1 saturated heterocycles. The third kappa shape index (κ3) is 7.27. The summed E-state index contributed by atoms with van der Waals surface area (Å²) in [6.45, 7) is 7.72. The molecule has 1 aliphatic heterocycles. The molecule has 3 rings (SSSR count). The second kappa shape index (κ2) is 11.9. The Labute approximate surface area is 183 Å². The summed E-state index contributed by atoms with van der Waals surface area (Å²) in [5.74, 6) is 0.640. The van der Waals surface area contributed by atoms with Gasteiger partial charge < -0.3 is 20.4 Å². The number of guanidine groups is 1. The van der Waals surface area contributed by atoms with Crippen LogP contribution in [0.4, 0.5) is 10.1 Å². The predicted molar refractivity (Wildman–Crippen MR) is 121 cm³/mol. The number of aromatic nitrogens is 2. The molecule has 1 aromatic heterocycles. The Morgan fingerprint density at radius 1 is 1.16 bits per heavy atom. The summed E-state index contributed by atoms with van der Waals surface area (Å²) in [5.41, 5.74) is 0.995. The minimum Gasteiger partial charge on any atom is -0.368 e. The van der Waals surface area contributed by atoms with Crippen molar-refractivity contribution < 1.29 is 9.18 Å². The zero-order valence-corrected chi connectivity index (χ0v) is 18.1. The van der Waals surface area contributed by atoms with Gasteiger partial charge >= 0.3 is 0 Å². The first-order valence-electron chi connectivity index (χ1n) is 10.9. The molecule has 1 amide bonds. The lowest BCUT2D eigenvalue weighted by atomic mass is 10.2. The number of anilines is 1. The molecule has 0 atom stereocenters. The number of aliphatic imine (C=N–C) groups is 1. The molecule has 31 heavy (non-hydrogen) atoms. The molecular weight excluding hydrogens is 397 g/mol. The fraction of sp³-hybridized carbons (Fsp3) is 0.500. The first-order chi connectivity index (χ1) is 15.2. The highest BCUT2D eigenvalue weighted by atomic mass is 19.1. The number of aryl methyl sites for hydroxylation is 1. The molecule has 0 radical (unpaired) electrons. The van der Waals surface area contributed by atoms with Crippen molar-refractivity contribution in [1.82, 2.24) is 25.3 Å². The van der Waals surface area contributed by atoms with E-state index in [4.69, 9.17) is 0 Å². The molecule has 2 heterocycles. The number of carbonyl (C=O) groups excluding carboxylic acids is 1. The van der Waals surface area contributed by atoms with Crippen LogP contribution >= 0.6 is 0 Å². The fourth-order valence-electron chi connectivity index (χ4n) is 3.51. The van der Waals surface area contributed by atoms with E-state index in [0.29, 0.717) is 32.6 Å². The predicted octanol–water partition coefficient (Wildman–Crippen LogP) is 1.71. The van der Waals surface area contributed by atoms with Gasteiger partial charge in [-0.3, -0.25) is 14.5 Å². The molecule has 0 aliphatic carbocycles. The van der Waals surface area contributed by atoms with Gasteiger partial charge in [0.1, 0.15) is 5.82 Å². The monoisotopic (exact) mass is 429 g/mol. The van der Waals surface area contributed by atoms with Crippen molar-refractivity contribution in [2.24, 2.45) is 4.99 Å². The van der Waals surface area contributed by atoms with Gasteiger partial charge in [0.25, 0.3) is 0 Å². The Morgan fingerprint density at radius 3 is 2.61 bits per heavy atom. The van der Waals surface area contributed by atoms with Crippen LogP contribution < -0.4 is 15.5 Å². The number of carbonyl (C=O) groups is 1. The maximum atomic E-state index is 13.1. The highest BCUT2D eigenvalue weighted by Crippen LogP contribution is 2.17. The average molecular weight is 430 g/mol. The lowest BCUT2D eigenvalue weighted by molar-refractivity contribution is -0.131. The van der Waals surface area contributed by atoms with Crippen LogP contribution in [-0.4, -0.2) is 72.4 Å². The first-order valence-corrected chi connectivity index (χ1v) is 10.9. The molecule has 2 aromatic rings. The standard InChI is InChI=1S/C22H32FN7O/c1-2-24-22(25-10-3-13-30-14-4-11-27-30)26-12-9-21(31)29-17-15-28(16-18-29)20-7-5-19(23)6-8-20/h4-8,11,14H,2-3,9-10,12-13,15-18H2,1H3,(H2,24,25,26). The number of rotatable bonds is 9. The number of nitrogens with one attached hydrogen (secondary N) is 2. The maximum Gasteiger partial charge on any atom is 0.224 e. The smallest absolute Gasteiger partial charge is 0.224 e. The molecule has 0 unspecified atom stereocenters. The molecule has 8 nitrogen and oxygen atoms in total. The second-order valence-electron chi connectivity index (χ2n) is 7.40. The number of amides is 1.